The highest BCUT2D eigenvalue weighted by Gasteiger charge is 2.17. The quantitative estimate of drug-likeness (QED) is 0.0314. The van der Waals surface area contributed by atoms with Crippen molar-refractivity contribution in [1.82, 2.24) is 5.32 Å². The van der Waals surface area contributed by atoms with Crippen LogP contribution in [0, 0.1) is 0 Å². The van der Waals surface area contributed by atoms with Gasteiger partial charge in [0.1, 0.15) is 0 Å². The number of carbonyl (C=O) groups is 2. The Kier molecular flexibility index (Phi) is 25.5. The molecule has 0 radical (unpaired) electrons. The third-order valence-electron chi connectivity index (χ3n) is 6.91. The van der Waals surface area contributed by atoms with Crippen molar-refractivity contribution in [2.75, 3.05) is 19.4 Å². The molecule has 0 fully saturated rings. The first-order valence-electron chi connectivity index (χ1n) is 15.8. The van der Waals surface area contributed by atoms with Gasteiger partial charge < -0.3 is 15.2 Å². The van der Waals surface area contributed by atoms with E-state index in [2.05, 4.69) is 23.0 Å². The molecule has 2 N–H and O–H groups in total. The summed E-state index contributed by atoms with van der Waals surface area (Å²) < 4.78 is 31.3. The van der Waals surface area contributed by atoms with Gasteiger partial charge in [0, 0.05) is 13.0 Å². The normalized spacial score (nSPS) is 12.3. The molecule has 0 aliphatic carbocycles. The summed E-state index contributed by atoms with van der Waals surface area (Å²) in [7, 11) is -3.42. The predicted molar refractivity (Wildman–Crippen MR) is 162 cm³/mol. The molecule has 9 heteroatoms. The van der Waals surface area contributed by atoms with E-state index in [9.17, 15) is 23.1 Å². The number of rotatable bonds is 29. The van der Waals surface area contributed by atoms with Gasteiger partial charge >= 0.3 is 5.97 Å². The number of hydrogen-bond donors (Lipinski definition) is 2. The van der Waals surface area contributed by atoms with Crippen LogP contribution in [-0.2, 0) is 28.6 Å². The average molecular weight is 590 g/mol. The lowest BCUT2D eigenvalue weighted by Crippen LogP contribution is -2.28. The summed E-state index contributed by atoms with van der Waals surface area (Å²) in [5, 5.41) is 12.9. The van der Waals surface area contributed by atoms with Gasteiger partial charge in [0.15, 0.2) is 0 Å². The Morgan fingerprint density at radius 2 is 1.20 bits per heavy atom. The molecular formula is C31H59NO7S. The number of esters is 1. The molecule has 1 atom stereocenters. The summed E-state index contributed by atoms with van der Waals surface area (Å²) in [6, 6.07) is 0. The van der Waals surface area contributed by atoms with Gasteiger partial charge in [0.2, 0.25) is 12.2 Å². The molecule has 0 spiro atoms. The van der Waals surface area contributed by atoms with Gasteiger partial charge in [-0.05, 0) is 24.8 Å². The maximum Gasteiger partial charge on any atom is 0.308 e. The van der Waals surface area contributed by atoms with Gasteiger partial charge in [-0.25, -0.2) is 0 Å². The van der Waals surface area contributed by atoms with E-state index in [1.165, 1.54) is 89.9 Å². The summed E-state index contributed by atoms with van der Waals surface area (Å²) >= 11 is 0. The van der Waals surface area contributed by atoms with Crippen LogP contribution in [0.2, 0.25) is 0 Å². The fourth-order valence-corrected chi connectivity index (χ4v) is 4.88. The summed E-state index contributed by atoms with van der Waals surface area (Å²) in [6.45, 7) is 6.66. The first-order chi connectivity index (χ1) is 19.2. The van der Waals surface area contributed by atoms with Crippen LogP contribution in [0.15, 0.2) is 12.2 Å². The zero-order chi connectivity index (χ0) is 29.9. The molecule has 0 rings (SSSR count). The van der Waals surface area contributed by atoms with Gasteiger partial charge in [0.25, 0.3) is 10.1 Å². The van der Waals surface area contributed by atoms with Crippen LogP contribution in [0.1, 0.15) is 148 Å². The topological polar surface area (TPSA) is 119 Å². The minimum Gasteiger partial charge on any atom is -0.432 e. The molecule has 0 aliphatic rings. The SMILES string of the molecule is C=C(CC(=O)NCCCCCCCCCCCCCCCCCC)C(O)OC(=O)CCCCCCOS(C)(=O)=O. The third-order valence-corrected chi connectivity index (χ3v) is 7.50. The molecule has 0 aliphatic heterocycles. The van der Waals surface area contributed by atoms with Crippen molar-refractivity contribution in [3.05, 3.63) is 12.2 Å². The number of amides is 1. The second-order valence-electron chi connectivity index (χ2n) is 11.0. The van der Waals surface area contributed by atoms with E-state index < -0.39 is 22.4 Å². The molecule has 1 amide bonds. The Balaban J connectivity index is 3.56. The van der Waals surface area contributed by atoms with E-state index >= 15 is 0 Å². The number of hydrogen-bond acceptors (Lipinski definition) is 7. The highest BCUT2D eigenvalue weighted by Crippen LogP contribution is 2.14. The van der Waals surface area contributed by atoms with Crippen molar-refractivity contribution in [1.29, 1.82) is 0 Å². The van der Waals surface area contributed by atoms with Crippen LogP contribution in [-0.4, -0.2) is 51.1 Å². The van der Waals surface area contributed by atoms with Crippen molar-refractivity contribution >= 4 is 22.0 Å². The molecule has 40 heavy (non-hydrogen) atoms. The Morgan fingerprint density at radius 1 is 0.750 bits per heavy atom. The highest BCUT2D eigenvalue weighted by atomic mass is 32.2. The Bertz CT molecular complexity index is 755. The maximum absolute atomic E-state index is 12.1. The van der Waals surface area contributed by atoms with Crippen LogP contribution < -0.4 is 5.32 Å². The minimum absolute atomic E-state index is 0.0896. The fourth-order valence-electron chi connectivity index (χ4n) is 4.46. The lowest BCUT2D eigenvalue weighted by atomic mass is 10.0. The standard InChI is InChI=1S/C31H59NO7S/c1-4-5-6-7-8-9-10-11-12-13-14-15-16-17-19-22-25-32-29(33)27-28(2)31(35)39-30(34)24-21-18-20-23-26-38-40(3,36)37/h31,35H,2,4-27H2,1,3H3,(H,32,33). The summed E-state index contributed by atoms with van der Waals surface area (Å²) in [5.74, 6) is -0.799. The van der Waals surface area contributed by atoms with Crippen molar-refractivity contribution in [2.24, 2.45) is 0 Å². The van der Waals surface area contributed by atoms with E-state index in [0.29, 0.717) is 25.8 Å². The highest BCUT2D eigenvalue weighted by molar-refractivity contribution is 7.85. The van der Waals surface area contributed by atoms with Crippen LogP contribution in [0.25, 0.3) is 0 Å². The number of nitrogens with one attached hydrogen (secondary N) is 1. The second-order valence-corrected chi connectivity index (χ2v) is 12.7. The average Bonchev–Trinajstić information content (AvgIpc) is 2.89. The fraction of sp³-hybridized carbons (Fsp3) is 0.871. The van der Waals surface area contributed by atoms with Gasteiger partial charge in [0.05, 0.1) is 19.3 Å². The summed E-state index contributed by atoms with van der Waals surface area (Å²) in [6.07, 6.45) is 23.0. The van der Waals surface area contributed by atoms with Gasteiger partial charge in [-0.1, -0.05) is 123 Å². The van der Waals surface area contributed by atoms with Crippen molar-refractivity contribution < 1.29 is 32.0 Å². The molecule has 0 saturated heterocycles. The van der Waals surface area contributed by atoms with Crippen LogP contribution in [0.4, 0.5) is 0 Å². The number of carbonyl (C=O) groups excluding carboxylic acids is 2. The van der Waals surface area contributed by atoms with Gasteiger partial charge in [-0.15, -0.1) is 0 Å². The van der Waals surface area contributed by atoms with Crippen LogP contribution in [0.5, 0.6) is 0 Å². The van der Waals surface area contributed by atoms with E-state index in [4.69, 9.17) is 4.74 Å². The van der Waals surface area contributed by atoms with Gasteiger partial charge in [-0.3, -0.25) is 13.8 Å². The predicted octanol–water partition coefficient (Wildman–Crippen LogP) is 7.10. The number of aliphatic hydroxyl groups excluding tert-OH is 1. The monoisotopic (exact) mass is 589 g/mol. The van der Waals surface area contributed by atoms with Gasteiger partial charge in [-0.2, -0.15) is 8.42 Å². The molecule has 0 aromatic carbocycles. The largest absolute Gasteiger partial charge is 0.432 e. The number of unbranched alkanes of at least 4 members (excludes halogenated alkanes) is 18. The molecular weight excluding hydrogens is 530 g/mol. The zero-order valence-corrected chi connectivity index (χ0v) is 26.4. The van der Waals surface area contributed by atoms with Crippen LogP contribution >= 0.6 is 0 Å². The lowest BCUT2D eigenvalue weighted by Gasteiger charge is -2.14. The van der Waals surface area contributed by atoms with E-state index in [0.717, 1.165) is 25.5 Å². The third kappa shape index (κ3) is 28.1. The first-order valence-corrected chi connectivity index (χ1v) is 17.6. The molecule has 0 aromatic heterocycles. The number of aliphatic hydroxyl groups is 1. The Hall–Kier alpha value is -1.45. The van der Waals surface area contributed by atoms with Crippen molar-refractivity contribution in [2.45, 2.75) is 154 Å². The summed E-state index contributed by atoms with van der Waals surface area (Å²) in [5.41, 5.74) is 0.149. The van der Waals surface area contributed by atoms with E-state index in [1.54, 1.807) is 0 Å². The lowest BCUT2D eigenvalue weighted by molar-refractivity contribution is -0.162. The maximum atomic E-state index is 12.1. The Labute approximate surface area is 245 Å². The van der Waals surface area contributed by atoms with Crippen molar-refractivity contribution in [3.8, 4) is 0 Å². The molecule has 0 heterocycles. The molecule has 0 aromatic rings. The molecule has 0 bridgehead atoms. The van der Waals surface area contributed by atoms with E-state index in [1.807, 2.05) is 0 Å². The zero-order valence-electron chi connectivity index (χ0n) is 25.6. The second kappa shape index (κ2) is 26.4. The van der Waals surface area contributed by atoms with E-state index in [-0.39, 0.29) is 30.9 Å². The van der Waals surface area contributed by atoms with Crippen LogP contribution in [0.3, 0.4) is 0 Å². The smallest absolute Gasteiger partial charge is 0.308 e. The summed E-state index contributed by atoms with van der Waals surface area (Å²) in [4.78, 5) is 24.0. The molecule has 1 unspecified atom stereocenters. The first kappa shape index (κ1) is 38.5. The minimum atomic E-state index is -3.42. The number of ether oxygens (including phenoxy) is 1. The Morgan fingerprint density at radius 3 is 1.70 bits per heavy atom. The molecule has 0 saturated carbocycles. The van der Waals surface area contributed by atoms with Crippen molar-refractivity contribution in [3.63, 3.8) is 0 Å². The molecule has 236 valence electrons. The molecule has 8 nitrogen and oxygen atoms in total.